The monoisotopic (exact) mass is 329 g/mol. The summed E-state index contributed by atoms with van der Waals surface area (Å²) in [5.74, 6) is 0.298. The van der Waals surface area contributed by atoms with Crippen molar-refractivity contribution in [2.75, 3.05) is 13.2 Å². The average Bonchev–Trinajstić information content (AvgIpc) is 3.08. The maximum Gasteiger partial charge on any atom is 0.311 e. The Morgan fingerprint density at radius 2 is 2.12 bits per heavy atom. The summed E-state index contributed by atoms with van der Waals surface area (Å²) in [5, 5.41) is 0. The van der Waals surface area contributed by atoms with Crippen LogP contribution in [0.2, 0.25) is 0 Å². The van der Waals surface area contributed by atoms with E-state index in [4.69, 9.17) is 4.74 Å². The minimum Gasteiger partial charge on any atom is -0.464 e. The van der Waals surface area contributed by atoms with Crippen LogP contribution in [0.25, 0.3) is 11.0 Å². The van der Waals surface area contributed by atoms with Crippen molar-refractivity contribution in [1.29, 1.82) is 0 Å². The van der Waals surface area contributed by atoms with Gasteiger partial charge < -0.3 is 14.2 Å². The van der Waals surface area contributed by atoms with E-state index in [0.29, 0.717) is 13.1 Å². The largest absolute Gasteiger partial charge is 0.464 e. The Labute approximate surface area is 141 Å². The predicted octanol–water partition coefficient (Wildman–Crippen LogP) is 2.14. The van der Waals surface area contributed by atoms with Gasteiger partial charge in [-0.3, -0.25) is 9.59 Å². The van der Waals surface area contributed by atoms with E-state index in [1.165, 1.54) is 0 Å². The fourth-order valence-corrected chi connectivity index (χ4v) is 3.22. The van der Waals surface area contributed by atoms with Crippen LogP contribution in [0.5, 0.6) is 0 Å². The molecule has 1 aliphatic heterocycles. The first-order valence-electron chi connectivity index (χ1n) is 8.35. The Bertz CT molecular complexity index is 766. The van der Waals surface area contributed by atoms with Crippen molar-refractivity contribution in [3.05, 3.63) is 30.1 Å². The fraction of sp³-hybridized carbons (Fsp3) is 0.500. The lowest BCUT2D eigenvalue weighted by molar-refractivity contribution is -0.148. The molecule has 1 atom stereocenters. The van der Waals surface area contributed by atoms with Crippen molar-refractivity contribution in [3.63, 3.8) is 0 Å². The number of nitrogens with zero attached hydrogens (tertiary/aromatic N) is 3. The van der Waals surface area contributed by atoms with Gasteiger partial charge in [0.15, 0.2) is 0 Å². The summed E-state index contributed by atoms with van der Waals surface area (Å²) in [5.41, 5.74) is 1.98. The summed E-state index contributed by atoms with van der Waals surface area (Å²) >= 11 is 0. The van der Waals surface area contributed by atoms with Crippen LogP contribution in [0.1, 0.15) is 26.1 Å². The predicted molar refractivity (Wildman–Crippen MR) is 90.4 cm³/mol. The molecule has 0 bridgehead atoms. The highest BCUT2D eigenvalue weighted by Gasteiger charge is 2.36. The molecule has 2 heterocycles. The van der Waals surface area contributed by atoms with E-state index in [1.807, 2.05) is 49.6 Å². The van der Waals surface area contributed by atoms with Crippen molar-refractivity contribution in [3.8, 4) is 0 Å². The highest BCUT2D eigenvalue weighted by atomic mass is 16.5. The Morgan fingerprint density at radius 1 is 1.38 bits per heavy atom. The number of imidazole rings is 1. The third-order valence-electron chi connectivity index (χ3n) is 4.52. The van der Waals surface area contributed by atoms with Gasteiger partial charge in [0, 0.05) is 19.0 Å². The van der Waals surface area contributed by atoms with Crippen molar-refractivity contribution in [2.24, 2.45) is 5.92 Å². The lowest BCUT2D eigenvalue weighted by Crippen LogP contribution is -2.33. The zero-order chi connectivity index (χ0) is 17.3. The van der Waals surface area contributed by atoms with Crippen molar-refractivity contribution >= 4 is 22.9 Å². The minimum atomic E-state index is -0.347. The number of ether oxygens (including phenoxy) is 1. The van der Waals surface area contributed by atoms with Crippen LogP contribution in [0.4, 0.5) is 0 Å². The number of fused-ring (bicyclic) bond motifs is 1. The molecule has 6 heteroatoms. The number of benzene rings is 1. The number of carbonyl (C=O) groups excluding carboxylic acids is 2. The molecule has 0 aliphatic carbocycles. The molecule has 6 nitrogen and oxygen atoms in total. The van der Waals surface area contributed by atoms with E-state index >= 15 is 0 Å². The number of rotatable bonds is 5. The van der Waals surface area contributed by atoms with Gasteiger partial charge in [-0.05, 0) is 32.9 Å². The molecule has 1 fully saturated rings. The van der Waals surface area contributed by atoms with Gasteiger partial charge in [0.05, 0.1) is 23.5 Å². The van der Waals surface area contributed by atoms with Crippen LogP contribution in [0.15, 0.2) is 24.3 Å². The highest BCUT2D eigenvalue weighted by molar-refractivity contribution is 5.87. The Morgan fingerprint density at radius 3 is 2.83 bits per heavy atom. The van der Waals surface area contributed by atoms with Crippen LogP contribution in [0.3, 0.4) is 0 Å². The van der Waals surface area contributed by atoms with E-state index in [0.717, 1.165) is 16.9 Å². The molecule has 0 spiro atoms. The van der Waals surface area contributed by atoms with Crippen LogP contribution in [0, 0.1) is 12.8 Å². The third kappa shape index (κ3) is 3.13. The Balaban J connectivity index is 1.57. The second kappa shape index (κ2) is 6.63. The van der Waals surface area contributed by atoms with E-state index in [2.05, 4.69) is 4.98 Å². The molecule has 1 amide bonds. The van der Waals surface area contributed by atoms with Gasteiger partial charge in [0.2, 0.25) is 5.91 Å². The summed E-state index contributed by atoms with van der Waals surface area (Å²) in [6.45, 7) is 7.16. The van der Waals surface area contributed by atoms with Gasteiger partial charge in [-0.2, -0.15) is 0 Å². The van der Waals surface area contributed by atoms with Crippen LogP contribution in [-0.4, -0.2) is 45.5 Å². The summed E-state index contributed by atoms with van der Waals surface area (Å²) in [7, 11) is 0. The minimum absolute atomic E-state index is 0.0309. The van der Waals surface area contributed by atoms with Crippen LogP contribution < -0.4 is 0 Å². The molecule has 3 rings (SSSR count). The molecule has 1 aromatic heterocycles. The topological polar surface area (TPSA) is 64.4 Å². The fourth-order valence-electron chi connectivity index (χ4n) is 3.22. The van der Waals surface area contributed by atoms with Crippen LogP contribution >= 0.6 is 0 Å². The molecule has 1 aliphatic rings. The third-order valence-corrected chi connectivity index (χ3v) is 4.52. The molecule has 0 unspecified atom stereocenters. The van der Waals surface area contributed by atoms with E-state index in [1.54, 1.807) is 4.90 Å². The molecule has 0 N–H and O–H groups in total. The zero-order valence-electron chi connectivity index (χ0n) is 14.4. The second-order valence-electron chi connectivity index (χ2n) is 6.51. The Kier molecular flexibility index (Phi) is 4.55. The Hall–Kier alpha value is -2.37. The zero-order valence-corrected chi connectivity index (χ0v) is 14.4. The van der Waals surface area contributed by atoms with Crippen molar-refractivity contribution < 1.29 is 14.3 Å². The lowest BCUT2D eigenvalue weighted by Gasteiger charge is -2.20. The number of likely N-dealkylation sites (tertiary alicyclic amines) is 1. The average molecular weight is 329 g/mol. The number of para-hydroxylation sites is 2. The number of esters is 1. The van der Waals surface area contributed by atoms with Crippen molar-refractivity contribution in [1.82, 2.24) is 14.5 Å². The number of hydrogen-bond donors (Lipinski definition) is 0. The molecule has 1 aromatic carbocycles. The normalized spacial score (nSPS) is 17.9. The number of aryl methyl sites for hydroxylation is 1. The van der Waals surface area contributed by atoms with Gasteiger partial charge in [0.1, 0.15) is 12.4 Å². The summed E-state index contributed by atoms with van der Waals surface area (Å²) in [4.78, 5) is 30.3. The van der Waals surface area contributed by atoms with E-state index < -0.39 is 0 Å². The van der Waals surface area contributed by atoms with Gasteiger partial charge in [-0.15, -0.1) is 0 Å². The summed E-state index contributed by atoms with van der Waals surface area (Å²) in [6, 6.07) is 8.02. The van der Waals surface area contributed by atoms with Gasteiger partial charge >= 0.3 is 5.97 Å². The summed E-state index contributed by atoms with van der Waals surface area (Å²) < 4.78 is 7.46. The van der Waals surface area contributed by atoms with Gasteiger partial charge in [-0.25, -0.2) is 4.98 Å². The standard InChI is InChI=1S/C18H23N3O3/c1-12(2)21-11-14(10-17(21)22)18(23)24-9-8-20-13(3)19-15-6-4-5-7-16(15)20/h4-7,12,14H,8-11H2,1-3H3/t14-/m1/s1. The number of amides is 1. The van der Waals surface area contributed by atoms with Gasteiger partial charge in [-0.1, -0.05) is 12.1 Å². The molecule has 128 valence electrons. The molecular weight excluding hydrogens is 306 g/mol. The molecule has 0 saturated carbocycles. The molecule has 1 saturated heterocycles. The van der Waals surface area contributed by atoms with Crippen LogP contribution in [-0.2, 0) is 20.9 Å². The molecule has 2 aromatic rings. The molecular formula is C18H23N3O3. The SMILES string of the molecule is Cc1nc2ccccc2n1CCOC(=O)[C@@H]1CC(=O)N(C(C)C)C1. The number of carbonyl (C=O) groups is 2. The molecule has 0 radical (unpaired) electrons. The van der Waals surface area contributed by atoms with E-state index in [9.17, 15) is 9.59 Å². The maximum atomic E-state index is 12.2. The lowest BCUT2D eigenvalue weighted by atomic mass is 10.1. The molecule has 24 heavy (non-hydrogen) atoms. The number of aromatic nitrogens is 2. The van der Waals surface area contributed by atoms with Crippen molar-refractivity contribution in [2.45, 2.75) is 39.8 Å². The quantitative estimate of drug-likeness (QED) is 0.789. The first kappa shape index (κ1) is 16.5. The maximum absolute atomic E-state index is 12.2. The highest BCUT2D eigenvalue weighted by Crippen LogP contribution is 2.21. The van der Waals surface area contributed by atoms with Gasteiger partial charge in [0.25, 0.3) is 0 Å². The number of hydrogen-bond acceptors (Lipinski definition) is 4. The smallest absolute Gasteiger partial charge is 0.311 e. The second-order valence-corrected chi connectivity index (χ2v) is 6.51. The first-order valence-corrected chi connectivity index (χ1v) is 8.35. The summed E-state index contributed by atoms with van der Waals surface area (Å²) in [6.07, 6.45) is 0.254. The van der Waals surface area contributed by atoms with E-state index in [-0.39, 0.29) is 36.9 Å². The first-order chi connectivity index (χ1) is 11.5.